The highest BCUT2D eigenvalue weighted by molar-refractivity contribution is 6.20. The number of amides is 4. The number of benzene rings is 1. The van der Waals surface area contributed by atoms with Crippen LogP contribution in [-0.4, -0.2) is 58.2 Å². The summed E-state index contributed by atoms with van der Waals surface area (Å²) in [7, 11) is 2.75. The van der Waals surface area contributed by atoms with Crippen molar-refractivity contribution >= 4 is 29.2 Å². The number of carbonyl (C=O) groups is 3. The molecule has 1 spiro atoms. The van der Waals surface area contributed by atoms with Gasteiger partial charge in [-0.1, -0.05) is 6.07 Å². The average molecular weight is 449 g/mol. The molecule has 2 aromatic rings. The Labute approximate surface area is 189 Å². The average Bonchev–Trinajstić information content (AvgIpc) is 2.85. The number of aromatic nitrogens is 1. The van der Waals surface area contributed by atoms with Crippen LogP contribution in [0.15, 0.2) is 42.7 Å². The van der Waals surface area contributed by atoms with Crippen LogP contribution in [0.5, 0.6) is 0 Å². The lowest BCUT2D eigenvalue weighted by Crippen LogP contribution is -2.76. The monoisotopic (exact) mass is 449 g/mol. The number of nitro benzene ring substituents is 1. The van der Waals surface area contributed by atoms with E-state index in [1.165, 1.54) is 26.2 Å². The van der Waals surface area contributed by atoms with Crippen molar-refractivity contribution in [1.82, 2.24) is 14.8 Å². The number of pyridine rings is 1. The molecule has 0 aliphatic carbocycles. The van der Waals surface area contributed by atoms with Crippen molar-refractivity contribution in [2.24, 2.45) is 5.41 Å². The van der Waals surface area contributed by atoms with Crippen molar-refractivity contribution in [3.63, 3.8) is 0 Å². The zero-order valence-electron chi connectivity index (χ0n) is 18.4. The first-order valence-electron chi connectivity index (χ1n) is 10.8. The Morgan fingerprint density at radius 1 is 1.06 bits per heavy atom. The van der Waals surface area contributed by atoms with E-state index in [1.807, 2.05) is 11.0 Å². The fourth-order valence-corrected chi connectivity index (χ4v) is 5.99. The maximum absolute atomic E-state index is 14.0. The van der Waals surface area contributed by atoms with E-state index in [0.717, 1.165) is 28.3 Å². The molecular weight excluding hydrogens is 426 g/mol. The van der Waals surface area contributed by atoms with Gasteiger partial charge in [0.25, 0.3) is 5.69 Å². The van der Waals surface area contributed by atoms with Gasteiger partial charge in [-0.25, -0.2) is 4.79 Å². The number of nitrogens with zero attached hydrogens (tertiary/aromatic N) is 5. The van der Waals surface area contributed by atoms with Crippen LogP contribution >= 0.6 is 0 Å². The number of piperidine rings is 1. The fraction of sp³-hybridized carbons (Fsp3) is 0.391. The number of urea groups is 1. The summed E-state index contributed by atoms with van der Waals surface area (Å²) in [5, 5.41) is 11.5. The molecule has 2 saturated heterocycles. The molecule has 2 fully saturated rings. The van der Waals surface area contributed by atoms with E-state index in [0.29, 0.717) is 24.1 Å². The first-order chi connectivity index (χ1) is 15.8. The van der Waals surface area contributed by atoms with Crippen LogP contribution in [0.3, 0.4) is 0 Å². The smallest absolute Gasteiger partial charge is 0.332 e. The van der Waals surface area contributed by atoms with Crippen molar-refractivity contribution in [2.75, 3.05) is 25.5 Å². The second-order valence-electron chi connectivity index (χ2n) is 8.87. The number of carbonyl (C=O) groups excluding carboxylic acids is 3. The summed E-state index contributed by atoms with van der Waals surface area (Å²) in [6, 6.07) is 7.53. The Kier molecular flexibility index (Phi) is 4.52. The number of barbiturate groups is 1. The summed E-state index contributed by atoms with van der Waals surface area (Å²) in [5.74, 6) is -1.19. The van der Waals surface area contributed by atoms with E-state index in [4.69, 9.17) is 0 Å². The van der Waals surface area contributed by atoms with Crippen molar-refractivity contribution in [1.29, 1.82) is 0 Å². The highest BCUT2D eigenvalue weighted by Gasteiger charge is 2.71. The summed E-state index contributed by atoms with van der Waals surface area (Å²) < 4.78 is 0. The van der Waals surface area contributed by atoms with E-state index in [9.17, 15) is 24.5 Å². The van der Waals surface area contributed by atoms with Gasteiger partial charge in [0.1, 0.15) is 0 Å². The van der Waals surface area contributed by atoms with Gasteiger partial charge in [-0.3, -0.25) is 34.5 Å². The molecule has 10 heteroatoms. The number of imide groups is 2. The van der Waals surface area contributed by atoms with E-state index in [-0.39, 0.29) is 12.1 Å². The Balaban J connectivity index is 1.87. The van der Waals surface area contributed by atoms with Crippen LogP contribution in [0.25, 0.3) is 0 Å². The normalized spacial score (nSPS) is 24.1. The van der Waals surface area contributed by atoms with Crippen LogP contribution in [0.2, 0.25) is 0 Å². The molecule has 1 aromatic heterocycles. The first-order valence-corrected chi connectivity index (χ1v) is 10.8. The number of nitro groups is 1. The molecule has 33 heavy (non-hydrogen) atoms. The quantitative estimate of drug-likeness (QED) is 0.393. The third kappa shape index (κ3) is 2.54. The molecule has 4 amide bonds. The molecule has 3 aliphatic heterocycles. The molecule has 10 nitrogen and oxygen atoms in total. The molecule has 5 rings (SSSR count). The minimum absolute atomic E-state index is 0.0466. The summed E-state index contributed by atoms with van der Waals surface area (Å²) in [6.07, 6.45) is 5.37. The van der Waals surface area contributed by atoms with E-state index in [1.54, 1.807) is 24.5 Å². The third-order valence-corrected chi connectivity index (χ3v) is 7.41. The summed E-state index contributed by atoms with van der Waals surface area (Å²) in [5.41, 5.74) is -0.841. The topological polar surface area (TPSA) is 117 Å². The van der Waals surface area contributed by atoms with Gasteiger partial charge in [-0.2, -0.15) is 0 Å². The van der Waals surface area contributed by atoms with Crippen molar-refractivity contribution in [3.8, 4) is 0 Å². The van der Waals surface area contributed by atoms with Gasteiger partial charge in [0.05, 0.1) is 10.5 Å². The molecule has 0 saturated carbocycles. The van der Waals surface area contributed by atoms with Crippen molar-refractivity contribution in [3.05, 3.63) is 64.0 Å². The molecule has 1 aromatic carbocycles. The van der Waals surface area contributed by atoms with Crippen molar-refractivity contribution in [2.45, 2.75) is 31.2 Å². The van der Waals surface area contributed by atoms with Crippen LogP contribution in [0.4, 0.5) is 16.2 Å². The number of fused-ring (bicyclic) bond motifs is 4. The van der Waals surface area contributed by atoms with Gasteiger partial charge in [-0.15, -0.1) is 0 Å². The van der Waals surface area contributed by atoms with Gasteiger partial charge in [0.15, 0.2) is 5.41 Å². The predicted octanol–water partition coefficient (Wildman–Crippen LogP) is 2.47. The lowest BCUT2D eigenvalue weighted by atomic mass is 9.55. The Bertz CT molecular complexity index is 1170. The summed E-state index contributed by atoms with van der Waals surface area (Å²) in [6.45, 7) is 0.559. The molecule has 4 heterocycles. The van der Waals surface area contributed by atoms with Crippen LogP contribution in [-0.2, 0) is 21.5 Å². The number of non-ortho nitro benzene ring substituents is 1. The Hall–Kier alpha value is -3.82. The van der Waals surface area contributed by atoms with Gasteiger partial charge < -0.3 is 4.90 Å². The fourth-order valence-electron chi connectivity index (χ4n) is 5.99. The summed E-state index contributed by atoms with van der Waals surface area (Å²) >= 11 is 0. The van der Waals surface area contributed by atoms with E-state index >= 15 is 0 Å². The molecule has 0 N–H and O–H groups in total. The molecule has 1 atom stereocenters. The maximum Gasteiger partial charge on any atom is 0.332 e. The Morgan fingerprint density at radius 2 is 1.79 bits per heavy atom. The standard InChI is InChI=1S/C23H23N5O5/c1-25-19(29)22(20(30)26(2)21(25)31)13-15-12-17(28(32)33)7-8-18(15)27-11-4-3-9-23(22,27)16-6-5-10-24-14-16/h5-8,10,12,14H,3-4,9,11,13H2,1-2H3. The lowest BCUT2D eigenvalue weighted by molar-refractivity contribution is -0.384. The number of rotatable bonds is 2. The zero-order chi connectivity index (χ0) is 23.5. The number of hydrogen-bond acceptors (Lipinski definition) is 7. The molecule has 170 valence electrons. The summed E-state index contributed by atoms with van der Waals surface area (Å²) in [4.78, 5) is 60.0. The Morgan fingerprint density at radius 3 is 2.42 bits per heavy atom. The second kappa shape index (κ2) is 7.09. The minimum atomic E-state index is -1.67. The molecule has 0 radical (unpaired) electrons. The highest BCUT2D eigenvalue weighted by Crippen LogP contribution is 2.60. The third-order valence-electron chi connectivity index (χ3n) is 7.41. The molecular formula is C23H23N5O5. The first kappa shape index (κ1) is 21.0. The number of hydrogen-bond donors (Lipinski definition) is 0. The predicted molar refractivity (Wildman–Crippen MR) is 117 cm³/mol. The largest absolute Gasteiger partial charge is 0.360 e. The maximum atomic E-state index is 14.0. The van der Waals surface area contributed by atoms with Gasteiger partial charge in [0, 0.05) is 57.3 Å². The van der Waals surface area contributed by atoms with E-state index < -0.39 is 33.7 Å². The minimum Gasteiger partial charge on any atom is -0.360 e. The van der Waals surface area contributed by atoms with Crippen LogP contribution in [0, 0.1) is 15.5 Å². The number of anilines is 1. The lowest BCUT2D eigenvalue weighted by Gasteiger charge is -2.62. The van der Waals surface area contributed by atoms with Crippen molar-refractivity contribution < 1.29 is 19.3 Å². The molecule has 0 bridgehead atoms. The second-order valence-corrected chi connectivity index (χ2v) is 8.87. The van der Waals surface area contributed by atoms with Crippen LogP contribution < -0.4 is 4.90 Å². The zero-order valence-corrected chi connectivity index (χ0v) is 18.4. The molecule has 1 unspecified atom stereocenters. The van der Waals surface area contributed by atoms with Gasteiger partial charge in [-0.05, 0) is 42.5 Å². The molecule has 3 aliphatic rings. The SMILES string of the molecule is CN1C(=O)N(C)C(=O)C2(Cc3cc([N+](=O)[O-])ccc3N3CCCCC32c2cccnc2)C1=O. The van der Waals surface area contributed by atoms with Crippen LogP contribution in [0.1, 0.15) is 30.4 Å². The van der Waals surface area contributed by atoms with Gasteiger partial charge >= 0.3 is 6.03 Å². The van der Waals surface area contributed by atoms with E-state index in [2.05, 4.69) is 4.98 Å². The van der Waals surface area contributed by atoms with Gasteiger partial charge in [0.2, 0.25) is 11.8 Å². The highest BCUT2D eigenvalue weighted by atomic mass is 16.6.